The van der Waals surface area contributed by atoms with Crippen molar-refractivity contribution >= 4 is 11.3 Å². The molecule has 20 heavy (non-hydrogen) atoms. The van der Waals surface area contributed by atoms with Gasteiger partial charge in [-0.15, -0.1) is 0 Å². The van der Waals surface area contributed by atoms with Crippen molar-refractivity contribution in [2.24, 2.45) is 0 Å². The van der Waals surface area contributed by atoms with Crippen molar-refractivity contribution in [2.75, 3.05) is 6.54 Å². The third kappa shape index (κ3) is 3.10. The van der Waals surface area contributed by atoms with Crippen molar-refractivity contribution < 1.29 is 4.39 Å². The van der Waals surface area contributed by atoms with E-state index in [1.54, 1.807) is 17.4 Å². The quantitative estimate of drug-likeness (QED) is 0.826. The summed E-state index contributed by atoms with van der Waals surface area (Å²) in [5, 5.41) is 7.75. The van der Waals surface area contributed by atoms with E-state index in [0.29, 0.717) is 0 Å². The molecule has 0 saturated carbocycles. The zero-order valence-electron chi connectivity index (χ0n) is 12.6. The summed E-state index contributed by atoms with van der Waals surface area (Å²) in [5.74, 6) is -0.110. The monoisotopic (exact) mass is 291 g/mol. The Morgan fingerprint density at radius 2 is 1.90 bits per heavy atom. The third-order valence-electron chi connectivity index (χ3n) is 3.57. The molecule has 2 aromatic rings. The van der Waals surface area contributed by atoms with E-state index in [-0.39, 0.29) is 11.9 Å². The van der Waals surface area contributed by atoms with E-state index >= 15 is 0 Å². The minimum atomic E-state index is -0.110. The highest BCUT2D eigenvalue weighted by atomic mass is 32.1. The molecule has 1 aromatic carbocycles. The van der Waals surface area contributed by atoms with Crippen LogP contribution in [0.15, 0.2) is 22.9 Å². The van der Waals surface area contributed by atoms with Gasteiger partial charge >= 0.3 is 0 Å². The second-order valence-corrected chi connectivity index (χ2v) is 6.12. The van der Waals surface area contributed by atoms with Crippen LogP contribution in [-0.4, -0.2) is 6.54 Å². The van der Waals surface area contributed by atoms with Crippen LogP contribution in [0.3, 0.4) is 0 Å². The lowest BCUT2D eigenvalue weighted by Crippen LogP contribution is -2.25. The van der Waals surface area contributed by atoms with Gasteiger partial charge in [-0.25, -0.2) is 4.39 Å². The van der Waals surface area contributed by atoms with Gasteiger partial charge in [0.25, 0.3) is 0 Å². The molecule has 1 heterocycles. The Kier molecular flexibility index (Phi) is 4.95. The van der Waals surface area contributed by atoms with Gasteiger partial charge in [-0.1, -0.05) is 13.0 Å². The molecule has 1 atom stereocenters. The molecule has 1 unspecified atom stereocenters. The summed E-state index contributed by atoms with van der Waals surface area (Å²) >= 11 is 1.68. The molecule has 0 amide bonds. The average Bonchev–Trinajstić information content (AvgIpc) is 2.78. The van der Waals surface area contributed by atoms with Crippen LogP contribution in [0.2, 0.25) is 0 Å². The summed E-state index contributed by atoms with van der Waals surface area (Å²) in [6.07, 6.45) is 1.03. The van der Waals surface area contributed by atoms with Crippen molar-refractivity contribution in [3.05, 3.63) is 56.5 Å². The number of halogens is 1. The number of hydrogen-bond acceptors (Lipinski definition) is 2. The molecular formula is C17H22FNS. The van der Waals surface area contributed by atoms with Gasteiger partial charge < -0.3 is 5.32 Å². The standard InChI is InChI=1S/C17H22FNS/c1-5-6-19-17(14-10-20-9-13(14)4)16-12(3)7-11(2)8-15(16)18/h7-10,17,19H,5-6H2,1-4H3. The number of hydrogen-bond donors (Lipinski definition) is 1. The van der Waals surface area contributed by atoms with Crippen LogP contribution in [0.4, 0.5) is 4.39 Å². The molecule has 1 N–H and O–H groups in total. The van der Waals surface area contributed by atoms with Crippen LogP contribution in [0.5, 0.6) is 0 Å². The lowest BCUT2D eigenvalue weighted by Gasteiger charge is -2.22. The fourth-order valence-corrected chi connectivity index (χ4v) is 3.49. The Balaban J connectivity index is 2.50. The normalized spacial score (nSPS) is 12.7. The molecule has 1 nitrogen and oxygen atoms in total. The first kappa shape index (κ1) is 15.2. The van der Waals surface area contributed by atoms with Crippen LogP contribution in [0.25, 0.3) is 0 Å². The SMILES string of the molecule is CCCNC(c1cscc1C)c1c(C)cc(C)cc1F. The molecule has 0 aliphatic carbocycles. The van der Waals surface area contributed by atoms with E-state index in [4.69, 9.17) is 0 Å². The Morgan fingerprint density at radius 3 is 2.45 bits per heavy atom. The van der Waals surface area contributed by atoms with E-state index < -0.39 is 0 Å². The molecule has 0 aliphatic rings. The van der Waals surface area contributed by atoms with E-state index in [0.717, 1.165) is 29.7 Å². The second kappa shape index (κ2) is 6.51. The van der Waals surface area contributed by atoms with Gasteiger partial charge in [0.15, 0.2) is 0 Å². The Labute approximate surface area is 124 Å². The Hall–Kier alpha value is -1.19. The maximum Gasteiger partial charge on any atom is 0.128 e. The molecular weight excluding hydrogens is 269 g/mol. The van der Waals surface area contributed by atoms with Crippen molar-refractivity contribution in [1.82, 2.24) is 5.32 Å². The van der Waals surface area contributed by atoms with Gasteiger partial charge in [-0.3, -0.25) is 0 Å². The van der Waals surface area contributed by atoms with Gasteiger partial charge in [0, 0.05) is 5.56 Å². The average molecular weight is 291 g/mol. The topological polar surface area (TPSA) is 12.0 Å². The zero-order valence-corrected chi connectivity index (χ0v) is 13.4. The van der Waals surface area contributed by atoms with Crippen LogP contribution in [0.1, 0.15) is 47.2 Å². The van der Waals surface area contributed by atoms with E-state index in [1.807, 2.05) is 13.8 Å². The van der Waals surface area contributed by atoms with Crippen molar-refractivity contribution in [1.29, 1.82) is 0 Å². The second-order valence-electron chi connectivity index (χ2n) is 5.37. The number of thiophene rings is 1. The van der Waals surface area contributed by atoms with Gasteiger partial charge in [0.05, 0.1) is 6.04 Å². The molecule has 108 valence electrons. The number of benzene rings is 1. The summed E-state index contributed by atoms with van der Waals surface area (Å²) < 4.78 is 14.5. The van der Waals surface area contributed by atoms with Crippen LogP contribution in [0, 0.1) is 26.6 Å². The largest absolute Gasteiger partial charge is 0.306 e. The van der Waals surface area contributed by atoms with Crippen LogP contribution < -0.4 is 5.32 Å². The maximum atomic E-state index is 14.5. The van der Waals surface area contributed by atoms with E-state index in [9.17, 15) is 4.39 Å². The van der Waals surface area contributed by atoms with Gasteiger partial charge in [-0.05, 0) is 72.8 Å². The van der Waals surface area contributed by atoms with E-state index in [2.05, 4.69) is 36.0 Å². The molecule has 0 spiro atoms. The van der Waals surface area contributed by atoms with Crippen LogP contribution in [-0.2, 0) is 0 Å². The smallest absolute Gasteiger partial charge is 0.128 e. The maximum absolute atomic E-state index is 14.5. The summed E-state index contributed by atoms with van der Waals surface area (Å²) in [4.78, 5) is 0. The molecule has 0 aliphatic heterocycles. The predicted octanol–water partition coefficient (Wildman–Crippen LogP) is 4.90. The summed E-state index contributed by atoms with van der Waals surface area (Å²) in [5.41, 5.74) is 5.18. The van der Waals surface area contributed by atoms with Crippen molar-refractivity contribution in [2.45, 2.75) is 40.2 Å². The first-order valence-electron chi connectivity index (χ1n) is 7.07. The fraction of sp³-hybridized carbons (Fsp3) is 0.412. The molecule has 0 saturated heterocycles. The predicted molar refractivity (Wildman–Crippen MR) is 85.1 cm³/mol. The highest BCUT2D eigenvalue weighted by Crippen LogP contribution is 2.31. The summed E-state index contributed by atoms with van der Waals surface area (Å²) in [6, 6.07) is 3.63. The lowest BCUT2D eigenvalue weighted by molar-refractivity contribution is 0.543. The Bertz CT molecular complexity index is 565. The first-order valence-corrected chi connectivity index (χ1v) is 8.01. The number of rotatable bonds is 5. The molecule has 2 rings (SSSR count). The minimum absolute atomic E-state index is 0.0539. The highest BCUT2D eigenvalue weighted by molar-refractivity contribution is 7.08. The zero-order chi connectivity index (χ0) is 14.7. The van der Waals surface area contributed by atoms with Gasteiger partial charge in [0.1, 0.15) is 5.82 Å². The van der Waals surface area contributed by atoms with Gasteiger partial charge in [-0.2, -0.15) is 11.3 Å². The van der Waals surface area contributed by atoms with Crippen LogP contribution >= 0.6 is 11.3 Å². The molecule has 0 radical (unpaired) electrons. The summed E-state index contributed by atoms with van der Waals surface area (Å²) in [7, 11) is 0. The summed E-state index contributed by atoms with van der Waals surface area (Å²) in [6.45, 7) is 9.03. The molecule has 3 heteroatoms. The fourth-order valence-electron chi connectivity index (χ4n) is 2.61. The Morgan fingerprint density at radius 1 is 1.15 bits per heavy atom. The van der Waals surface area contributed by atoms with Crippen molar-refractivity contribution in [3.8, 4) is 0 Å². The third-order valence-corrected chi connectivity index (χ3v) is 4.45. The van der Waals surface area contributed by atoms with Crippen molar-refractivity contribution in [3.63, 3.8) is 0 Å². The lowest BCUT2D eigenvalue weighted by atomic mass is 9.93. The first-order chi connectivity index (χ1) is 9.54. The minimum Gasteiger partial charge on any atom is -0.306 e. The number of nitrogens with one attached hydrogen (secondary N) is 1. The highest BCUT2D eigenvalue weighted by Gasteiger charge is 2.21. The molecule has 0 bridgehead atoms. The molecule has 1 aromatic heterocycles. The van der Waals surface area contributed by atoms with Gasteiger partial charge in [0.2, 0.25) is 0 Å². The van der Waals surface area contributed by atoms with E-state index in [1.165, 1.54) is 11.1 Å². The molecule has 0 fully saturated rings. The number of aryl methyl sites for hydroxylation is 3.